The van der Waals surface area contributed by atoms with Gasteiger partial charge >= 0.3 is 5.97 Å². The highest BCUT2D eigenvalue weighted by Gasteiger charge is 2.24. The van der Waals surface area contributed by atoms with Crippen LogP contribution >= 0.6 is 0 Å². The molecule has 0 bridgehead atoms. The van der Waals surface area contributed by atoms with Crippen molar-refractivity contribution in [2.45, 2.75) is 20.0 Å². The topological polar surface area (TPSA) is 57.1 Å². The predicted octanol–water partition coefficient (Wildman–Crippen LogP) is 4.98. The van der Waals surface area contributed by atoms with Crippen molar-refractivity contribution in [3.8, 4) is 11.5 Å². The minimum atomic E-state index is -0.477. The van der Waals surface area contributed by atoms with Crippen molar-refractivity contribution < 1.29 is 19.0 Å². The second-order valence-corrected chi connectivity index (χ2v) is 6.97. The molecule has 1 heterocycles. The van der Waals surface area contributed by atoms with Gasteiger partial charge in [0, 0.05) is 5.56 Å². The predicted molar refractivity (Wildman–Crippen MR) is 113 cm³/mol. The lowest BCUT2D eigenvalue weighted by atomic mass is 10.1. The first-order valence-corrected chi connectivity index (χ1v) is 9.40. The van der Waals surface area contributed by atoms with E-state index in [0.29, 0.717) is 17.4 Å². The fourth-order valence-corrected chi connectivity index (χ4v) is 3.14. The van der Waals surface area contributed by atoms with Gasteiger partial charge in [0.1, 0.15) is 0 Å². The van der Waals surface area contributed by atoms with Gasteiger partial charge in [0.2, 0.25) is 5.90 Å². The summed E-state index contributed by atoms with van der Waals surface area (Å²) in [6, 6.07) is 19.3. The Hall–Kier alpha value is -3.60. The largest absolute Gasteiger partial charge is 0.493 e. The number of hydrogen-bond donors (Lipinski definition) is 0. The Balaban J connectivity index is 1.67. The lowest BCUT2D eigenvalue weighted by Crippen LogP contribution is -2.07. The molecule has 146 valence electrons. The van der Waals surface area contributed by atoms with Crippen LogP contribution in [-0.4, -0.2) is 25.1 Å². The maximum Gasteiger partial charge on any atom is 0.363 e. The van der Waals surface area contributed by atoms with Gasteiger partial charge in [-0.2, -0.15) is 0 Å². The molecule has 3 aromatic carbocycles. The molecule has 0 aromatic heterocycles. The summed E-state index contributed by atoms with van der Waals surface area (Å²) in [4.78, 5) is 16.8. The van der Waals surface area contributed by atoms with E-state index in [2.05, 4.69) is 4.99 Å². The van der Waals surface area contributed by atoms with E-state index in [4.69, 9.17) is 14.2 Å². The maximum absolute atomic E-state index is 12.4. The summed E-state index contributed by atoms with van der Waals surface area (Å²) in [5, 5.41) is 2.18. The van der Waals surface area contributed by atoms with Crippen LogP contribution in [0.15, 0.2) is 71.4 Å². The van der Waals surface area contributed by atoms with Gasteiger partial charge in [-0.15, -0.1) is 0 Å². The van der Waals surface area contributed by atoms with E-state index in [1.165, 1.54) is 0 Å². The third-order valence-corrected chi connectivity index (χ3v) is 4.47. The van der Waals surface area contributed by atoms with Crippen molar-refractivity contribution >= 4 is 28.7 Å². The molecular formula is C24H21NO4. The number of ether oxygens (including phenoxy) is 3. The van der Waals surface area contributed by atoms with Crippen molar-refractivity contribution in [1.29, 1.82) is 0 Å². The molecule has 0 saturated carbocycles. The summed E-state index contributed by atoms with van der Waals surface area (Å²) in [5.41, 5.74) is 1.78. The van der Waals surface area contributed by atoms with E-state index in [9.17, 15) is 4.79 Å². The quantitative estimate of drug-likeness (QED) is 0.458. The van der Waals surface area contributed by atoms with Crippen LogP contribution < -0.4 is 9.47 Å². The molecule has 0 fully saturated rings. The molecule has 5 nitrogen and oxygen atoms in total. The Morgan fingerprint density at radius 3 is 2.52 bits per heavy atom. The van der Waals surface area contributed by atoms with Gasteiger partial charge in [0.05, 0.1) is 13.2 Å². The van der Waals surface area contributed by atoms with E-state index in [1.54, 1.807) is 19.3 Å². The van der Waals surface area contributed by atoms with Crippen LogP contribution in [0.5, 0.6) is 11.5 Å². The normalized spacial score (nSPS) is 15.0. The molecule has 0 N–H and O–H groups in total. The van der Waals surface area contributed by atoms with Crippen molar-refractivity contribution in [2.75, 3.05) is 7.11 Å². The molecular weight excluding hydrogens is 366 g/mol. The van der Waals surface area contributed by atoms with Crippen molar-refractivity contribution in [3.63, 3.8) is 0 Å². The maximum atomic E-state index is 12.4. The third-order valence-electron chi connectivity index (χ3n) is 4.47. The van der Waals surface area contributed by atoms with E-state index in [0.717, 1.165) is 21.9 Å². The molecule has 4 rings (SSSR count). The molecule has 0 radical (unpaired) electrons. The van der Waals surface area contributed by atoms with Gasteiger partial charge in [-0.05, 0) is 60.5 Å². The summed E-state index contributed by atoms with van der Waals surface area (Å²) in [6.07, 6.45) is 1.68. The van der Waals surface area contributed by atoms with Crippen LogP contribution in [0.25, 0.3) is 16.8 Å². The average molecular weight is 387 g/mol. The second-order valence-electron chi connectivity index (χ2n) is 6.97. The lowest BCUT2D eigenvalue weighted by molar-refractivity contribution is -0.129. The van der Waals surface area contributed by atoms with Crippen LogP contribution in [0, 0.1) is 0 Å². The van der Waals surface area contributed by atoms with Gasteiger partial charge in [-0.1, -0.05) is 36.4 Å². The van der Waals surface area contributed by atoms with Gasteiger partial charge in [-0.25, -0.2) is 9.79 Å². The van der Waals surface area contributed by atoms with Crippen molar-refractivity contribution in [2.24, 2.45) is 4.99 Å². The number of methoxy groups -OCH3 is 1. The number of cyclic esters (lactones) is 1. The number of nitrogens with zero attached hydrogens (tertiary/aromatic N) is 1. The smallest absolute Gasteiger partial charge is 0.363 e. The Bertz CT molecular complexity index is 1140. The summed E-state index contributed by atoms with van der Waals surface area (Å²) in [6.45, 7) is 3.89. The Labute approximate surface area is 169 Å². The van der Waals surface area contributed by atoms with Crippen LogP contribution in [0.2, 0.25) is 0 Å². The highest BCUT2D eigenvalue weighted by atomic mass is 16.6. The van der Waals surface area contributed by atoms with Crippen LogP contribution in [0.4, 0.5) is 0 Å². The fourth-order valence-electron chi connectivity index (χ4n) is 3.14. The number of fused-ring (bicyclic) bond motifs is 1. The molecule has 0 atom stereocenters. The summed E-state index contributed by atoms with van der Waals surface area (Å²) in [5.74, 6) is 1.08. The summed E-state index contributed by atoms with van der Waals surface area (Å²) >= 11 is 0. The minimum Gasteiger partial charge on any atom is -0.493 e. The van der Waals surface area contributed by atoms with Gasteiger partial charge in [0.15, 0.2) is 17.2 Å². The van der Waals surface area contributed by atoms with Crippen LogP contribution in [-0.2, 0) is 9.53 Å². The number of rotatable bonds is 5. The zero-order chi connectivity index (χ0) is 20.4. The van der Waals surface area contributed by atoms with E-state index in [1.807, 2.05) is 68.4 Å². The monoisotopic (exact) mass is 387 g/mol. The fraction of sp³-hybridized carbons (Fsp3) is 0.167. The molecule has 1 aliphatic heterocycles. The molecule has 0 spiro atoms. The van der Waals surface area contributed by atoms with E-state index in [-0.39, 0.29) is 11.8 Å². The zero-order valence-electron chi connectivity index (χ0n) is 16.5. The molecule has 1 aliphatic rings. The standard InChI is InChI=1S/C24H21NO4/c1-15(2)28-22-13-16(8-11-21(22)27-3)12-20-24(26)29-23(25-20)19-10-9-17-6-4-5-7-18(17)14-19/h4-15H,1-3H3/b20-12-. The molecule has 5 heteroatoms. The van der Waals surface area contributed by atoms with E-state index < -0.39 is 5.97 Å². The number of esters is 1. The lowest BCUT2D eigenvalue weighted by Gasteiger charge is -2.13. The van der Waals surface area contributed by atoms with Gasteiger partial charge in [-0.3, -0.25) is 0 Å². The SMILES string of the molecule is COc1ccc(/C=C2\N=C(c3ccc4ccccc4c3)OC2=O)cc1OC(C)C. The number of carbonyl (C=O) groups excluding carboxylic acids is 1. The summed E-state index contributed by atoms with van der Waals surface area (Å²) in [7, 11) is 1.59. The van der Waals surface area contributed by atoms with Gasteiger partial charge < -0.3 is 14.2 Å². The average Bonchev–Trinajstić information content (AvgIpc) is 3.08. The number of benzene rings is 3. The highest BCUT2D eigenvalue weighted by Crippen LogP contribution is 2.30. The van der Waals surface area contributed by atoms with Crippen molar-refractivity contribution in [1.82, 2.24) is 0 Å². The Morgan fingerprint density at radius 2 is 1.76 bits per heavy atom. The van der Waals surface area contributed by atoms with Crippen molar-refractivity contribution in [3.05, 3.63) is 77.5 Å². The first-order chi connectivity index (χ1) is 14.0. The zero-order valence-corrected chi connectivity index (χ0v) is 16.5. The van der Waals surface area contributed by atoms with Crippen LogP contribution in [0.3, 0.4) is 0 Å². The second kappa shape index (κ2) is 7.80. The van der Waals surface area contributed by atoms with Crippen LogP contribution in [0.1, 0.15) is 25.0 Å². The highest BCUT2D eigenvalue weighted by molar-refractivity contribution is 6.13. The molecule has 29 heavy (non-hydrogen) atoms. The Kier molecular flexibility index (Phi) is 5.04. The summed E-state index contributed by atoms with van der Waals surface area (Å²) < 4.78 is 16.5. The first-order valence-electron chi connectivity index (χ1n) is 9.40. The number of carbonyl (C=O) groups is 1. The van der Waals surface area contributed by atoms with E-state index >= 15 is 0 Å². The number of hydrogen-bond acceptors (Lipinski definition) is 5. The molecule has 0 amide bonds. The molecule has 0 aliphatic carbocycles. The molecule has 0 unspecified atom stereocenters. The Morgan fingerprint density at radius 1 is 0.966 bits per heavy atom. The first kappa shape index (κ1) is 18.7. The molecule has 0 saturated heterocycles. The third kappa shape index (κ3) is 3.99. The molecule has 3 aromatic rings. The number of aliphatic imine (C=N–C) groups is 1. The minimum absolute atomic E-state index is 0.000718. The van der Waals surface area contributed by atoms with Gasteiger partial charge in [0.25, 0.3) is 0 Å².